The Hall–Kier alpha value is -1.10. The fourth-order valence-corrected chi connectivity index (χ4v) is 6.07. The highest BCUT2D eigenvalue weighted by atomic mass is 32.2. The van der Waals surface area contributed by atoms with Crippen LogP contribution in [0, 0.1) is 4.91 Å². The number of sulfonamides is 1. The second kappa shape index (κ2) is 7.65. The first-order chi connectivity index (χ1) is 10.9. The van der Waals surface area contributed by atoms with Crippen molar-refractivity contribution in [2.75, 3.05) is 11.5 Å². The van der Waals surface area contributed by atoms with E-state index in [1.165, 1.54) is 12.1 Å². The average molecular weight is 376 g/mol. The summed E-state index contributed by atoms with van der Waals surface area (Å²) >= 11 is 2.26. The molecular weight excluding hydrogens is 360 g/mol. The minimum absolute atomic E-state index is 0.0179. The highest BCUT2D eigenvalue weighted by molar-refractivity contribution is 8.01. The van der Waals surface area contributed by atoms with Gasteiger partial charge < -0.3 is 5.11 Å². The minimum atomic E-state index is -4.00. The Morgan fingerprint density at radius 2 is 1.91 bits per heavy atom. The number of hydrogen-bond donors (Lipinski definition) is 2. The predicted molar refractivity (Wildman–Crippen MR) is 90.9 cm³/mol. The number of aliphatic carboxylic acids is 1. The van der Waals surface area contributed by atoms with Crippen molar-refractivity contribution in [1.29, 1.82) is 0 Å². The lowest BCUT2D eigenvalue weighted by Gasteiger charge is -2.38. The van der Waals surface area contributed by atoms with Gasteiger partial charge in [-0.25, -0.2) is 8.42 Å². The molecule has 126 valence electrons. The van der Waals surface area contributed by atoms with E-state index >= 15 is 0 Å². The highest BCUT2D eigenvalue weighted by Crippen LogP contribution is 2.42. The molecule has 2 rings (SSSR count). The molecule has 1 aromatic rings. The maximum atomic E-state index is 12.4. The second-order valence-corrected chi connectivity index (χ2v) is 9.13. The van der Waals surface area contributed by atoms with Gasteiger partial charge in [-0.2, -0.15) is 16.5 Å². The predicted octanol–water partition coefficient (Wildman–Crippen LogP) is 2.10. The lowest BCUT2D eigenvalue weighted by molar-refractivity contribution is -0.139. The number of nitrogens with one attached hydrogen (secondary N) is 1. The van der Waals surface area contributed by atoms with Gasteiger partial charge in [0.25, 0.3) is 0 Å². The van der Waals surface area contributed by atoms with Crippen LogP contribution < -0.4 is 4.72 Å². The maximum absolute atomic E-state index is 12.4. The van der Waals surface area contributed by atoms with E-state index in [4.69, 9.17) is 0 Å². The second-order valence-electron chi connectivity index (χ2n) is 5.05. The molecule has 7 nitrogen and oxygen atoms in total. The summed E-state index contributed by atoms with van der Waals surface area (Å²) in [6, 6.07) is 6.12. The van der Waals surface area contributed by atoms with Crippen molar-refractivity contribution < 1.29 is 18.3 Å². The highest BCUT2D eigenvalue weighted by Gasteiger charge is 2.48. The summed E-state index contributed by atoms with van der Waals surface area (Å²) in [5.41, 5.74) is 0. The first-order valence-corrected chi connectivity index (χ1v) is 10.2. The molecule has 1 aliphatic rings. The number of hydrogen-bond acceptors (Lipinski definition) is 7. The van der Waals surface area contributed by atoms with Crippen LogP contribution in [0.4, 0.5) is 0 Å². The third-order valence-corrected chi connectivity index (χ3v) is 7.16. The molecule has 1 fully saturated rings. The van der Waals surface area contributed by atoms with E-state index in [0.29, 0.717) is 36.3 Å². The number of nitroso groups, excluding NO2 is 1. The number of carboxylic acid groups (broad SMARTS) is 1. The molecule has 1 aromatic carbocycles. The molecule has 23 heavy (non-hydrogen) atoms. The van der Waals surface area contributed by atoms with E-state index in [-0.39, 0.29) is 4.90 Å². The van der Waals surface area contributed by atoms with E-state index in [2.05, 4.69) is 9.30 Å². The Balaban J connectivity index is 2.34. The van der Waals surface area contributed by atoms with Crippen LogP contribution in [0.25, 0.3) is 0 Å². The van der Waals surface area contributed by atoms with Gasteiger partial charge in [-0.1, -0.05) is 18.2 Å². The lowest BCUT2D eigenvalue weighted by atomic mass is 9.93. The summed E-state index contributed by atoms with van der Waals surface area (Å²) in [6.45, 7) is 0. The molecule has 10 heteroatoms. The van der Waals surface area contributed by atoms with E-state index < -0.39 is 26.8 Å². The zero-order valence-corrected chi connectivity index (χ0v) is 14.5. The van der Waals surface area contributed by atoms with E-state index in [0.717, 1.165) is 0 Å². The summed E-state index contributed by atoms with van der Waals surface area (Å²) in [6.07, 6.45) is 0.782. The van der Waals surface area contributed by atoms with Crippen LogP contribution in [0.15, 0.2) is 39.8 Å². The third kappa shape index (κ3) is 4.25. The van der Waals surface area contributed by atoms with E-state index in [9.17, 15) is 23.2 Å². The van der Waals surface area contributed by atoms with E-state index in [1.807, 2.05) is 0 Å². The van der Waals surface area contributed by atoms with Crippen molar-refractivity contribution in [1.82, 2.24) is 4.72 Å². The fourth-order valence-electron chi connectivity index (χ4n) is 2.43. The molecule has 1 atom stereocenters. The molecule has 0 spiro atoms. The number of benzene rings is 1. The van der Waals surface area contributed by atoms with Crippen LogP contribution in [-0.2, 0) is 14.8 Å². The van der Waals surface area contributed by atoms with Crippen LogP contribution in [0.1, 0.15) is 12.8 Å². The van der Waals surface area contributed by atoms with Gasteiger partial charge in [-0.15, -0.1) is 4.91 Å². The summed E-state index contributed by atoms with van der Waals surface area (Å²) in [4.78, 5) is 22.5. The van der Waals surface area contributed by atoms with Crippen molar-refractivity contribution in [3.05, 3.63) is 35.2 Å². The Labute approximate surface area is 142 Å². The molecular formula is C13H16N2O5S3. The van der Waals surface area contributed by atoms with Crippen molar-refractivity contribution in [3.63, 3.8) is 0 Å². The number of carbonyl (C=O) groups is 1. The molecule has 2 N–H and O–H groups in total. The molecule has 0 aromatic heterocycles. The zero-order chi connectivity index (χ0) is 16.9. The number of nitrogens with zero attached hydrogens (tertiary/aromatic N) is 1. The lowest BCUT2D eigenvalue weighted by Crippen LogP contribution is -2.56. The maximum Gasteiger partial charge on any atom is 0.323 e. The molecule has 1 heterocycles. The molecule has 1 saturated heterocycles. The van der Waals surface area contributed by atoms with Crippen molar-refractivity contribution in [2.45, 2.75) is 28.5 Å². The van der Waals surface area contributed by atoms with Crippen LogP contribution in [-0.4, -0.2) is 41.8 Å². The van der Waals surface area contributed by atoms with Gasteiger partial charge in [-0.3, -0.25) is 4.79 Å². The van der Waals surface area contributed by atoms with Gasteiger partial charge >= 0.3 is 5.97 Å². The van der Waals surface area contributed by atoms with Gasteiger partial charge in [0.2, 0.25) is 10.0 Å². The van der Waals surface area contributed by atoms with Gasteiger partial charge in [0, 0.05) is 16.5 Å². The van der Waals surface area contributed by atoms with Crippen LogP contribution in [0.3, 0.4) is 0 Å². The van der Waals surface area contributed by atoms with Gasteiger partial charge in [-0.05, 0) is 36.5 Å². The van der Waals surface area contributed by atoms with Crippen molar-refractivity contribution in [3.8, 4) is 0 Å². The first kappa shape index (κ1) is 18.2. The molecule has 0 saturated carbocycles. The monoisotopic (exact) mass is 376 g/mol. The number of thioether (sulfide) groups is 1. The van der Waals surface area contributed by atoms with Crippen LogP contribution >= 0.6 is 23.7 Å². The smallest absolute Gasteiger partial charge is 0.323 e. The molecule has 0 radical (unpaired) electrons. The van der Waals surface area contributed by atoms with Crippen molar-refractivity contribution in [2.24, 2.45) is 4.58 Å². The standard InChI is InChI=1S/C13H16N2O5S3/c16-12(17)11(13(22-15-18)6-8-21-9-7-13)14-23(19,20)10-4-2-1-3-5-10/h1-5,11,14H,6-9H2,(H,16,17)/t11-/m1/s1. The van der Waals surface area contributed by atoms with Gasteiger partial charge in [0.15, 0.2) is 0 Å². The molecule has 1 aliphatic heterocycles. The number of rotatable bonds is 7. The Morgan fingerprint density at radius 3 is 2.43 bits per heavy atom. The normalized spacial score (nSPS) is 19.0. The van der Waals surface area contributed by atoms with Gasteiger partial charge in [0.1, 0.15) is 6.04 Å². The third-order valence-electron chi connectivity index (χ3n) is 3.66. The molecule has 0 unspecified atom stereocenters. The van der Waals surface area contributed by atoms with Crippen molar-refractivity contribution >= 4 is 39.7 Å². The summed E-state index contributed by atoms with van der Waals surface area (Å²) in [5.74, 6) is -0.00815. The van der Waals surface area contributed by atoms with Gasteiger partial charge in [0.05, 0.1) is 9.64 Å². The Bertz CT molecular complexity index is 659. The largest absolute Gasteiger partial charge is 0.480 e. The van der Waals surface area contributed by atoms with Crippen LogP contribution in [0.5, 0.6) is 0 Å². The first-order valence-electron chi connectivity index (χ1n) is 6.80. The quantitative estimate of drug-likeness (QED) is 0.553. The summed E-state index contributed by atoms with van der Waals surface area (Å²) in [5, 5.41) is 9.54. The Kier molecular flexibility index (Phi) is 6.06. The topological polar surface area (TPSA) is 113 Å². The minimum Gasteiger partial charge on any atom is -0.480 e. The number of carboxylic acids is 1. The zero-order valence-electron chi connectivity index (χ0n) is 12.0. The van der Waals surface area contributed by atoms with Crippen LogP contribution in [0.2, 0.25) is 0 Å². The SMILES string of the molecule is O=NSC1([C@H](NS(=O)(=O)c2ccccc2)C(=O)O)CCSCC1. The summed E-state index contributed by atoms with van der Waals surface area (Å²) in [7, 11) is -4.00. The molecule has 0 aliphatic carbocycles. The average Bonchev–Trinajstić information content (AvgIpc) is 2.54. The molecule has 0 amide bonds. The summed E-state index contributed by atoms with van der Waals surface area (Å²) < 4.78 is 28.9. The Morgan fingerprint density at radius 1 is 1.30 bits per heavy atom. The van der Waals surface area contributed by atoms with E-state index in [1.54, 1.807) is 30.0 Å². The molecule has 0 bridgehead atoms. The fraction of sp³-hybridized carbons (Fsp3) is 0.462.